The van der Waals surface area contributed by atoms with Gasteiger partial charge < -0.3 is 5.11 Å². The maximum Gasteiger partial charge on any atom is 0.0741 e. The molecule has 0 bridgehead atoms. The Morgan fingerprint density at radius 3 is 2.69 bits per heavy atom. The van der Waals surface area contributed by atoms with Crippen LogP contribution in [0.3, 0.4) is 0 Å². The fraction of sp³-hybridized carbons (Fsp3) is 0.867. The van der Waals surface area contributed by atoms with Crippen LogP contribution in [0.5, 0.6) is 0 Å². The van der Waals surface area contributed by atoms with Gasteiger partial charge in [-0.05, 0) is 50.4 Å². The number of rotatable bonds is 1. The van der Waals surface area contributed by atoms with Gasteiger partial charge in [0.1, 0.15) is 0 Å². The van der Waals surface area contributed by atoms with Crippen molar-refractivity contribution in [1.82, 2.24) is 0 Å². The number of hydrogen-bond acceptors (Lipinski definition) is 1. The van der Waals surface area contributed by atoms with Gasteiger partial charge in [0.15, 0.2) is 0 Å². The quantitative estimate of drug-likeness (QED) is 0.669. The van der Waals surface area contributed by atoms with Gasteiger partial charge in [-0.25, -0.2) is 0 Å². The summed E-state index contributed by atoms with van der Waals surface area (Å²) in [6, 6.07) is 0. The lowest BCUT2D eigenvalue weighted by Gasteiger charge is -2.51. The van der Waals surface area contributed by atoms with Crippen molar-refractivity contribution < 1.29 is 5.11 Å². The van der Waals surface area contributed by atoms with Gasteiger partial charge in [0, 0.05) is 5.92 Å². The summed E-state index contributed by atoms with van der Waals surface area (Å²) in [7, 11) is 0. The molecule has 2 rings (SSSR count). The fourth-order valence-corrected chi connectivity index (χ4v) is 3.79. The molecule has 1 nitrogen and oxygen atoms in total. The largest absolute Gasteiger partial charge is 0.389 e. The molecule has 1 fully saturated rings. The molecule has 1 N–H and O–H groups in total. The maximum absolute atomic E-state index is 11.0. The summed E-state index contributed by atoms with van der Waals surface area (Å²) < 4.78 is 0. The van der Waals surface area contributed by atoms with E-state index >= 15 is 0 Å². The van der Waals surface area contributed by atoms with Gasteiger partial charge in [0.25, 0.3) is 0 Å². The van der Waals surface area contributed by atoms with Crippen LogP contribution < -0.4 is 0 Å². The summed E-state index contributed by atoms with van der Waals surface area (Å²) in [5.74, 6) is 2.24. The van der Waals surface area contributed by atoms with E-state index in [9.17, 15) is 5.11 Å². The van der Waals surface area contributed by atoms with Crippen molar-refractivity contribution in [2.75, 3.05) is 0 Å². The molecule has 0 aromatic carbocycles. The highest BCUT2D eigenvalue weighted by molar-refractivity contribution is 5.17. The van der Waals surface area contributed by atoms with Crippen molar-refractivity contribution in [3.63, 3.8) is 0 Å². The molecular formula is C15H26O. The summed E-state index contributed by atoms with van der Waals surface area (Å²) in [4.78, 5) is 0. The fourth-order valence-electron chi connectivity index (χ4n) is 3.79. The van der Waals surface area contributed by atoms with Crippen LogP contribution in [-0.2, 0) is 0 Å². The van der Waals surface area contributed by atoms with E-state index in [2.05, 4.69) is 33.8 Å². The van der Waals surface area contributed by atoms with Gasteiger partial charge in [-0.2, -0.15) is 0 Å². The topological polar surface area (TPSA) is 20.2 Å². The minimum absolute atomic E-state index is 0.407. The number of allylic oxidation sites excluding steroid dienone is 1. The van der Waals surface area contributed by atoms with Gasteiger partial charge in [0.2, 0.25) is 0 Å². The highest BCUT2D eigenvalue weighted by Crippen LogP contribution is 2.50. The zero-order valence-electron chi connectivity index (χ0n) is 11.2. The average Bonchev–Trinajstić information content (AvgIpc) is 2.21. The predicted octanol–water partition coefficient (Wildman–Crippen LogP) is 3.78. The van der Waals surface area contributed by atoms with Gasteiger partial charge in [-0.1, -0.05) is 32.4 Å². The lowest BCUT2D eigenvalue weighted by atomic mass is 9.57. The lowest BCUT2D eigenvalue weighted by molar-refractivity contribution is -0.111. The molecule has 1 heteroatoms. The second-order valence-corrected chi connectivity index (χ2v) is 6.42. The van der Waals surface area contributed by atoms with E-state index in [0.29, 0.717) is 23.7 Å². The first-order valence-electron chi connectivity index (χ1n) is 6.85. The smallest absolute Gasteiger partial charge is 0.0741 e. The zero-order valence-corrected chi connectivity index (χ0v) is 11.2. The summed E-state index contributed by atoms with van der Waals surface area (Å²) in [5, 5.41) is 11.0. The first-order chi connectivity index (χ1) is 7.45. The van der Waals surface area contributed by atoms with E-state index in [1.54, 1.807) is 0 Å². The molecule has 92 valence electrons. The molecule has 0 spiro atoms. The normalized spacial score (nSPS) is 44.1. The second kappa shape index (κ2) is 4.18. The van der Waals surface area contributed by atoms with Crippen molar-refractivity contribution in [3.8, 4) is 0 Å². The number of hydrogen-bond donors (Lipinski definition) is 1. The van der Waals surface area contributed by atoms with Crippen LogP contribution in [0.4, 0.5) is 0 Å². The Labute approximate surface area is 99.9 Å². The minimum Gasteiger partial charge on any atom is -0.389 e. The van der Waals surface area contributed by atoms with E-state index in [1.165, 1.54) is 18.4 Å². The van der Waals surface area contributed by atoms with Gasteiger partial charge in [-0.3, -0.25) is 0 Å². The Balaban J connectivity index is 2.32. The van der Waals surface area contributed by atoms with Crippen molar-refractivity contribution in [1.29, 1.82) is 0 Å². The molecule has 0 amide bonds. The van der Waals surface area contributed by atoms with Crippen molar-refractivity contribution in [2.24, 2.45) is 23.7 Å². The van der Waals surface area contributed by atoms with Crippen LogP contribution in [0.2, 0.25) is 0 Å². The molecule has 16 heavy (non-hydrogen) atoms. The van der Waals surface area contributed by atoms with Crippen LogP contribution in [-0.4, -0.2) is 10.7 Å². The zero-order chi connectivity index (χ0) is 11.9. The van der Waals surface area contributed by atoms with Crippen molar-refractivity contribution in [3.05, 3.63) is 11.6 Å². The molecule has 0 aromatic heterocycles. The van der Waals surface area contributed by atoms with Crippen LogP contribution in [0, 0.1) is 23.7 Å². The summed E-state index contributed by atoms with van der Waals surface area (Å²) in [6.07, 6.45) is 6.93. The molecule has 0 heterocycles. The summed E-state index contributed by atoms with van der Waals surface area (Å²) in [6.45, 7) is 9.06. The molecule has 0 aliphatic heterocycles. The molecule has 1 saturated carbocycles. The first kappa shape index (κ1) is 12.2. The van der Waals surface area contributed by atoms with Crippen LogP contribution in [0.1, 0.15) is 53.4 Å². The lowest BCUT2D eigenvalue weighted by Crippen LogP contribution is -2.52. The maximum atomic E-state index is 11.0. The Kier molecular flexibility index (Phi) is 3.18. The molecule has 0 radical (unpaired) electrons. The van der Waals surface area contributed by atoms with E-state index in [1.807, 2.05) is 0 Å². The number of fused-ring (bicyclic) bond motifs is 1. The first-order valence-corrected chi connectivity index (χ1v) is 6.85. The van der Waals surface area contributed by atoms with E-state index < -0.39 is 5.60 Å². The Morgan fingerprint density at radius 1 is 1.38 bits per heavy atom. The Bertz CT molecular complexity index is 292. The summed E-state index contributed by atoms with van der Waals surface area (Å²) in [5.41, 5.74) is 1.07. The van der Waals surface area contributed by atoms with Crippen LogP contribution in [0.15, 0.2) is 11.6 Å². The standard InChI is InChI=1S/C15H26O/c1-10(2)13-6-5-12(4)15(16)8-7-11(3)9-14(13)15/h9-10,12-14,16H,5-8H2,1-4H3/t12-,13-,14?,15+/m1/s1. The van der Waals surface area contributed by atoms with Gasteiger partial charge in [0.05, 0.1) is 5.60 Å². The molecule has 2 aliphatic rings. The monoisotopic (exact) mass is 222 g/mol. The highest BCUT2D eigenvalue weighted by Gasteiger charge is 2.49. The summed E-state index contributed by atoms with van der Waals surface area (Å²) >= 11 is 0. The molecule has 1 unspecified atom stereocenters. The third-order valence-electron chi connectivity index (χ3n) is 5.07. The molecule has 2 aliphatic carbocycles. The molecule has 0 saturated heterocycles. The van der Waals surface area contributed by atoms with Crippen molar-refractivity contribution in [2.45, 2.75) is 59.0 Å². The molecular weight excluding hydrogens is 196 g/mol. The molecule has 0 aromatic rings. The van der Waals surface area contributed by atoms with E-state index in [-0.39, 0.29) is 0 Å². The van der Waals surface area contributed by atoms with Crippen LogP contribution >= 0.6 is 0 Å². The minimum atomic E-state index is -0.410. The second-order valence-electron chi connectivity index (χ2n) is 6.42. The van der Waals surface area contributed by atoms with Gasteiger partial charge >= 0.3 is 0 Å². The molecule has 4 atom stereocenters. The Morgan fingerprint density at radius 2 is 2.06 bits per heavy atom. The highest BCUT2D eigenvalue weighted by atomic mass is 16.3. The van der Waals surface area contributed by atoms with E-state index in [4.69, 9.17) is 0 Å². The predicted molar refractivity (Wildman–Crippen MR) is 68.2 cm³/mol. The van der Waals surface area contributed by atoms with E-state index in [0.717, 1.165) is 12.8 Å². The van der Waals surface area contributed by atoms with Gasteiger partial charge in [-0.15, -0.1) is 0 Å². The third-order valence-corrected chi connectivity index (χ3v) is 5.07. The SMILES string of the molecule is CC1=CC2[C@@H](C(C)C)CC[C@@H](C)[C@@]2(O)CC1. The van der Waals surface area contributed by atoms with Crippen LogP contribution in [0.25, 0.3) is 0 Å². The third kappa shape index (κ3) is 1.84. The Hall–Kier alpha value is -0.300. The number of aliphatic hydroxyl groups is 1. The van der Waals surface area contributed by atoms with Crippen molar-refractivity contribution >= 4 is 0 Å². The average molecular weight is 222 g/mol.